The number of Topliss-reactive ketones (excluding diaryl/α,β-unsaturated/α-hetero) is 2. The molecule has 5 atom stereocenters. The molecule has 2 aliphatic rings. The standard InChI is InChI=1S/C72H122N6O21S2.CH4/c1-73-71(86)99-63(57-27-29-60(30-28-57)98-72(87)75(4)34-22-33-74(2)3)25-21-26-66(81)76(35-15-9-11-19-49-100-64-51-67(82)77(69(64)84)37-31-58(79)23-13-17-39-92-53-61(96-47-43-90-7)55-94-45-41-88-5)36-16-10-12-20-50-101-65-52-68(83)78(70(65)85)38-32-59(80)24-14-18-40-93-54-62(97-48-44-91-8)56-95-46-42-89-6;/h27-30,61-65H,9-26,31-56H2,1-8H3,(H,73,86);1H4. The Morgan fingerprint density at radius 1 is 0.510 bits per heavy atom. The number of amides is 7. The van der Waals surface area contributed by atoms with Gasteiger partial charge in [-0.15, -0.1) is 23.5 Å². The number of likely N-dealkylation sites (tertiary alicyclic amines) is 2. The summed E-state index contributed by atoms with van der Waals surface area (Å²) in [5.74, 6) is 0.700. The van der Waals surface area contributed by atoms with Crippen molar-refractivity contribution in [3.8, 4) is 5.75 Å². The Balaban J connectivity index is 0.0000354. The average molecular weight is 1490 g/mol. The molecule has 7 amide bonds. The molecule has 1 aromatic rings. The molecule has 27 nitrogen and oxygen atoms in total. The second-order valence-electron chi connectivity index (χ2n) is 25.4. The van der Waals surface area contributed by atoms with Crippen molar-refractivity contribution in [3.05, 3.63) is 29.8 Å². The first kappa shape index (κ1) is 93.2. The summed E-state index contributed by atoms with van der Waals surface area (Å²) in [5.41, 5.74) is 0.685. The molecule has 0 bridgehead atoms. The van der Waals surface area contributed by atoms with Gasteiger partial charge in [0.25, 0.3) is 0 Å². The summed E-state index contributed by atoms with van der Waals surface area (Å²) in [5, 5.41) is 1.56. The lowest BCUT2D eigenvalue weighted by Gasteiger charge is -2.24. The number of hydrogen-bond donors (Lipinski definition) is 1. The molecule has 5 unspecified atom stereocenters. The van der Waals surface area contributed by atoms with Gasteiger partial charge in [0.1, 0.15) is 35.6 Å². The SMILES string of the molecule is C.CNC(=O)OC(CCCC(=O)N(CCCCCCSC1CC(=O)N(CCC(=O)CCCCOCC(COCCOC)OCCOC)C1=O)CCCCCCSC1CC(=O)N(CCC(=O)CCCCOCC(COCCOC)OCCOC)C1=O)c1ccc(OC(=O)N(C)CCCN(C)C)cc1. The van der Waals surface area contributed by atoms with E-state index in [-0.39, 0.29) is 106 Å². The van der Waals surface area contributed by atoms with E-state index >= 15 is 0 Å². The van der Waals surface area contributed by atoms with Gasteiger partial charge in [0.15, 0.2) is 0 Å². The molecule has 2 aliphatic heterocycles. The number of hydrogen-bond acceptors (Lipinski definition) is 24. The van der Waals surface area contributed by atoms with E-state index in [9.17, 15) is 43.2 Å². The maximum atomic E-state index is 14.1. The first-order chi connectivity index (χ1) is 48.9. The average Bonchev–Trinajstić information content (AvgIpc) is 1.69. The van der Waals surface area contributed by atoms with Gasteiger partial charge in [0.05, 0.1) is 89.8 Å². The lowest BCUT2D eigenvalue weighted by molar-refractivity contribution is -0.140. The molecule has 0 aliphatic carbocycles. The van der Waals surface area contributed by atoms with Crippen LogP contribution in [0.25, 0.3) is 0 Å². The minimum Gasteiger partial charge on any atom is -0.441 e. The number of ether oxygens (including phenoxy) is 12. The number of imide groups is 2. The fraction of sp³-hybridized carbons (Fsp3) is 0.795. The minimum absolute atomic E-state index is 0. The molecule has 2 heterocycles. The quantitative estimate of drug-likeness (QED) is 0.0471. The highest BCUT2D eigenvalue weighted by Crippen LogP contribution is 2.30. The van der Waals surface area contributed by atoms with Crippen molar-refractivity contribution in [2.24, 2.45) is 0 Å². The fourth-order valence-corrected chi connectivity index (χ4v) is 13.3. The second-order valence-corrected chi connectivity index (χ2v) is 28.0. The molecular formula is C73H126N6O21S2. The zero-order valence-electron chi connectivity index (χ0n) is 61.9. The Bertz CT molecular complexity index is 2370. The minimum atomic E-state index is -0.674. The maximum absolute atomic E-state index is 14.1. The van der Waals surface area contributed by atoms with E-state index in [1.807, 2.05) is 23.9 Å². The Labute approximate surface area is 616 Å². The highest BCUT2D eigenvalue weighted by atomic mass is 32.2. The molecule has 586 valence electrons. The molecular weight excluding hydrogens is 1360 g/mol. The number of nitrogens with zero attached hydrogens (tertiary/aromatic N) is 5. The zero-order chi connectivity index (χ0) is 73.7. The van der Waals surface area contributed by atoms with Crippen molar-refractivity contribution < 1.29 is 100.0 Å². The predicted octanol–water partition coefficient (Wildman–Crippen LogP) is 8.62. The number of ketones is 2. The van der Waals surface area contributed by atoms with Crippen molar-refractivity contribution in [2.45, 2.75) is 177 Å². The highest BCUT2D eigenvalue weighted by Gasteiger charge is 2.40. The Hall–Kier alpha value is -4.89. The number of thioether (sulfide) groups is 2. The summed E-state index contributed by atoms with van der Waals surface area (Å²) in [6.07, 6.45) is 9.85. The van der Waals surface area contributed by atoms with Gasteiger partial charge in [-0.05, 0) is 120 Å². The summed E-state index contributed by atoms with van der Waals surface area (Å²) in [6, 6.07) is 6.82. The Kier molecular flexibility index (Phi) is 54.2. The number of benzene rings is 1. The van der Waals surface area contributed by atoms with Crippen molar-refractivity contribution in [1.29, 1.82) is 0 Å². The number of methoxy groups -OCH3 is 4. The molecule has 102 heavy (non-hydrogen) atoms. The van der Waals surface area contributed by atoms with Gasteiger partial charge in [-0.3, -0.25) is 43.4 Å². The summed E-state index contributed by atoms with van der Waals surface area (Å²) in [7, 11) is 13.5. The molecule has 2 saturated heterocycles. The summed E-state index contributed by atoms with van der Waals surface area (Å²) in [6.45, 7) is 8.55. The summed E-state index contributed by atoms with van der Waals surface area (Å²) >= 11 is 2.95. The molecule has 0 aromatic heterocycles. The number of nitrogens with one attached hydrogen (secondary N) is 1. The maximum Gasteiger partial charge on any atom is 0.414 e. The molecule has 29 heteroatoms. The lowest BCUT2D eigenvalue weighted by Crippen LogP contribution is -2.33. The Morgan fingerprint density at radius 3 is 1.41 bits per heavy atom. The van der Waals surface area contributed by atoms with Gasteiger partial charge in [0, 0.05) is 133 Å². The zero-order valence-corrected chi connectivity index (χ0v) is 63.6. The molecule has 3 rings (SSSR count). The van der Waals surface area contributed by atoms with Crippen LogP contribution in [0, 0.1) is 0 Å². The van der Waals surface area contributed by atoms with Crippen LogP contribution in [0.1, 0.15) is 160 Å². The molecule has 0 spiro atoms. The third-order valence-electron chi connectivity index (χ3n) is 16.8. The number of unbranched alkanes of at least 4 members (excludes halogenated alkanes) is 8. The van der Waals surface area contributed by atoms with Crippen LogP contribution >= 0.6 is 23.5 Å². The van der Waals surface area contributed by atoms with Crippen LogP contribution in [0.3, 0.4) is 0 Å². The van der Waals surface area contributed by atoms with Crippen molar-refractivity contribution >= 4 is 76.8 Å². The smallest absolute Gasteiger partial charge is 0.414 e. The van der Waals surface area contributed by atoms with Gasteiger partial charge in [-0.1, -0.05) is 45.2 Å². The predicted molar refractivity (Wildman–Crippen MR) is 393 cm³/mol. The number of carbonyl (C=O) groups is 9. The van der Waals surface area contributed by atoms with Gasteiger partial charge >= 0.3 is 12.2 Å². The van der Waals surface area contributed by atoms with E-state index in [2.05, 4.69) is 5.32 Å². The fourth-order valence-electron chi connectivity index (χ4n) is 10.9. The van der Waals surface area contributed by atoms with Crippen molar-refractivity contribution in [1.82, 2.24) is 29.8 Å². The lowest BCUT2D eigenvalue weighted by atomic mass is 10.0. The molecule has 0 saturated carbocycles. The second kappa shape index (κ2) is 59.3. The number of rotatable bonds is 65. The highest BCUT2D eigenvalue weighted by molar-refractivity contribution is 8.00. The van der Waals surface area contributed by atoms with Gasteiger partial charge in [-0.2, -0.15) is 0 Å². The largest absolute Gasteiger partial charge is 0.441 e. The summed E-state index contributed by atoms with van der Waals surface area (Å²) < 4.78 is 66.0. The van der Waals surface area contributed by atoms with E-state index in [1.165, 1.54) is 45.3 Å². The normalized spacial score (nSPS) is 15.5. The van der Waals surface area contributed by atoms with Gasteiger partial charge in [0.2, 0.25) is 29.5 Å². The third kappa shape index (κ3) is 42.3. The molecule has 1 N–H and O–H groups in total. The van der Waals surface area contributed by atoms with Crippen molar-refractivity contribution in [2.75, 3.05) is 200 Å². The number of alkyl carbamates (subject to hydrolysis) is 1. The van der Waals surface area contributed by atoms with E-state index in [0.29, 0.717) is 186 Å². The van der Waals surface area contributed by atoms with Crippen LogP contribution in [-0.4, -0.2) is 300 Å². The van der Waals surface area contributed by atoms with Crippen LogP contribution in [0.5, 0.6) is 5.75 Å². The topological polar surface area (TPSA) is 293 Å². The molecule has 0 radical (unpaired) electrons. The Morgan fingerprint density at radius 2 is 0.961 bits per heavy atom. The first-order valence-corrected chi connectivity index (χ1v) is 38.3. The van der Waals surface area contributed by atoms with Crippen LogP contribution < -0.4 is 10.1 Å². The first-order valence-electron chi connectivity index (χ1n) is 36.2. The van der Waals surface area contributed by atoms with Gasteiger partial charge in [-0.25, -0.2) is 9.59 Å². The van der Waals surface area contributed by atoms with Crippen LogP contribution in [-0.2, 0) is 85.7 Å². The van der Waals surface area contributed by atoms with Crippen LogP contribution in [0.4, 0.5) is 9.59 Å². The van der Waals surface area contributed by atoms with Crippen LogP contribution in [0.15, 0.2) is 24.3 Å². The number of carbonyl (C=O) groups excluding carboxylic acids is 9. The summed E-state index contributed by atoms with van der Waals surface area (Å²) in [4.78, 5) is 126. The third-order valence-corrected chi connectivity index (χ3v) is 19.4. The molecule has 2 fully saturated rings. The molecule has 1 aromatic carbocycles. The van der Waals surface area contributed by atoms with E-state index in [1.54, 1.807) is 59.8 Å². The van der Waals surface area contributed by atoms with E-state index in [4.69, 9.17) is 56.8 Å². The van der Waals surface area contributed by atoms with Gasteiger partial charge < -0.3 is 76.9 Å². The van der Waals surface area contributed by atoms with Crippen LogP contribution in [0.2, 0.25) is 0 Å². The van der Waals surface area contributed by atoms with E-state index in [0.717, 1.165) is 64.3 Å². The van der Waals surface area contributed by atoms with Crippen molar-refractivity contribution in [3.63, 3.8) is 0 Å². The van der Waals surface area contributed by atoms with E-state index < -0.39 is 28.8 Å². The monoisotopic (exact) mass is 1490 g/mol.